The van der Waals surface area contributed by atoms with Gasteiger partial charge in [0, 0.05) is 56.1 Å². The largest absolute Gasteiger partial charge is 0.474 e. The van der Waals surface area contributed by atoms with Gasteiger partial charge in [0.15, 0.2) is 12.6 Å². The SMILES string of the molecule is COCOc1cc(-c2ccc(O[C@H]3C[C@](F)(c4ccnc(OC5CC5)c4)C3)nc2)on1. The van der Waals surface area contributed by atoms with E-state index in [1.54, 1.807) is 42.7 Å². The number of hydrogen-bond donors (Lipinski definition) is 0. The van der Waals surface area contributed by atoms with Crippen LogP contribution in [-0.2, 0) is 10.4 Å². The quantitative estimate of drug-likeness (QED) is 0.473. The van der Waals surface area contributed by atoms with Crippen LogP contribution in [0, 0.1) is 0 Å². The molecule has 3 heterocycles. The van der Waals surface area contributed by atoms with Crippen molar-refractivity contribution < 1.29 is 27.9 Å². The molecule has 3 aromatic heterocycles. The van der Waals surface area contributed by atoms with E-state index in [9.17, 15) is 0 Å². The van der Waals surface area contributed by atoms with E-state index < -0.39 is 5.67 Å². The van der Waals surface area contributed by atoms with Gasteiger partial charge < -0.3 is 23.5 Å². The summed E-state index contributed by atoms with van der Waals surface area (Å²) in [6.07, 6.45) is 5.77. The van der Waals surface area contributed by atoms with E-state index in [-0.39, 0.29) is 31.8 Å². The Morgan fingerprint density at radius 1 is 1.03 bits per heavy atom. The van der Waals surface area contributed by atoms with Crippen molar-refractivity contribution in [2.45, 2.75) is 43.6 Å². The molecule has 0 bridgehead atoms. The molecular weight excluding hydrogens is 405 g/mol. The smallest absolute Gasteiger partial charge is 0.256 e. The minimum Gasteiger partial charge on any atom is -0.474 e. The van der Waals surface area contributed by atoms with Crippen LogP contribution in [0.15, 0.2) is 47.2 Å². The standard InChI is InChI=1S/C22H22FN3O5/c1-27-13-28-21-9-18(31-26-21)14-2-5-19(25-12-14)30-17-10-22(23,11-17)15-6-7-24-20(8-15)29-16-3-4-16/h2,5-9,12,16-17H,3-4,10-11,13H2,1H3/t17-,22+. The molecular formula is C22H22FN3O5. The minimum atomic E-state index is -1.44. The first kappa shape index (κ1) is 19.7. The highest BCUT2D eigenvalue weighted by atomic mass is 19.1. The van der Waals surface area contributed by atoms with Crippen LogP contribution in [0.4, 0.5) is 4.39 Å². The summed E-state index contributed by atoms with van der Waals surface area (Å²) in [6.45, 7) is 0.0861. The topological polar surface area (TPSA) is 88.7 Å². The molecule has 0 saturated heterocycles. The van der Waals surface area contributed by atoms with Crippen LogP contribution >= 0.6 is 0 Å². The lowest BCUT2D eigenvalue weighted by atomic mass is 9.74. The average Bonchev–Trinajstić information content (AvgIpc) is 3.45. The van der Waals surface area contributed by atoms with E-state index in [0.29, 0.717) is 29.0 Å². The second-order valence-electron chi connectivity index (χ2n) is 7.78. The molecule has 0 aromatic carbocycles. The maximum absolute atomic E-state index is 15.3. The van der Waals surface area contributed by atoms with Crippen LogP contribution in [0.2, 0.25) is 0 Å². The van der Waals surface area contributed by atoms with Gasteiger partial charge in [-0.25, -0.2) is 14.4 Å². The lowest BCUT2D eigenvalue weighted by Crippen LogP contribution is -2.44. The van der Waals surface area contributed by atoms with Gasteiger partial charge in [-0.05, 0) is 35.7 Å². The van der Waals surface area contributed by atoms with Gasteiger partial charge in [0.05, 0.1) is 0 Å². The van der Waals surface area contributed by atoms with Gasteiger partial charge in [-0.3, -0.25) is 0 Å². The van der Waals surface area contributed by atoms with Crippen LogP contribution in [0.1, 0.15) is 31.2 Å². The maximum atomic E-state index is 15.3. The van der Waals surface area contributed by atoms with Crippen LogP contribution in [0.5, 0.6) is 17.6 Å². The molecule has 0 spiro atoms. The van der Waals surface area contributed by atoms with E-state index in [1.165, 1.54) is 7.11 Å². The van der Waals surface area contributed by atoms with Gasteiger partial charge in [0.1, 0.15) is 17.9 Å². The lowest BCUT2D eigenvalue weighted by Gasteiger charge is -2.41. The van der Waals surface area contributed by atoms with Crippen LogP contribution in [0.3, 0.4) is 0 Å². The number of methoxy groups -OCH3 is 1. The number of halogens is 1. The van der Waals surface area contributed by atoms with Gasteiger partial charge in [0.2, 0.25) is 11.8 Å². The molecule has 31 heavy (non-hydrogen) atoms. The Morgan fingerprint density at radius 2 is 1.87 bits per heavy atom. The highest BCUT2D eigenvalue weighted by Gasteiger charge is 2.48. The molecule has 0 atom stereocenters. The van der Waals surface area contributed by atoms with Crippen molar-refractivity contribution in [3.05, 3.63) is 48.3 Å². The van der Waals surface area contributed by atoms with Crippen LogP contribution < -0.4 is 14.2 Å². The first-order chi connectivity index (χ1) is 15.1. The Balaban J connectivity index is 1.17. The first-order valence-corrected chi connectivity index (χ1v) is 10.1. The van der Waals surface area contributed by atoms with E-state index in [4.69, 9.17) is 23.5 Å². The Morgan fingerprint density at radius 3 is 2.61 bits per heavy atom. The molecule has 0 N–H and O–H groups in total. The molecule has 0 amide bonds. The third-order valence-corrected chi connectivity index (χ3v) is 5.29. The van der Waals surface area contributed by atoms with E-state index in [0.717, 1.165) is 18.4 Å². The van der Waals surface area contributed by atoms with E-state index in [2.05, 4.69) is 15.1 Å². The second-order valence-corrected chi connectivity index (χ2v) is 7.78. The molecule has 5 rings (SSSR count). The van der Waals surface area contributed by atoms with Crippen molar-refractivity contribution in [3.8, 4) is 29.0 Å². The zero-order valence-electron chi connectivity index (χ0n) is 17.0. The Kier molecular flexibility index (Phi) is 5.19. The molecule has 2 aliphatic carbocycles. The lowest BCUT2D eigenvalue weighted by molar-refractivity contribution is -0.0487. The van der Waals surface area contributed by atoms with Gasteiger partial charge in [-0.2, -0.15) is 0 Å². The van der Waals surface area contributed by atoms with Crippen LogP contribution in [-0.4, -0.2) is 41.2 Å². The average molecular weight is 427 g/mol. The number of alkyl halides is 1. The maximum Gasteiger partial charge on any atom is 0.256 e. The van der Waals surface area contributed by atoms with Crippen molar-refractivity contribution in [2.24, 2.45) is 0 Å². The zero-order valence-corrected chi connectivity index (χ0v) is 17.0. The molecule has 9 heteroatoms. The second kappa shape index (κ2) is 8.14. The first-order valence-electron chi connectivity index (χ1n) is 10.1. The summed E-state index contributed by atoms with van der Waals surface area (Å²) in [6, 6.07) is 8.57. The van der Waals surface area contributed by atoms with E-state index >= 15 is 4.39 Å². The molecule has 8 nitrogen and oxygen atoms in total. The predicted molar refractivity (Wildman–Crippen MR) is 107 cm³/mol. The highest BCUT2D eigenvalue weighted by molar-refractivity contribution is 5.57. The number of rotatable bonds is 9. The number of nitrogens with zero attached hydrogens (tertiary/aromatic N) is 3. The van der Waals surface area contributed by atoms with Crippen molar-refractivity contribution in [2.75, 3.05) is 13.9 Å². The molecule has 0 unspecified atom stereocenters. The van der Waals surface area contributed by atoms with Gasteiger partial charge >= 0.3 is 0 Å². The number of aromatic nitrogens is 3. The Bertz CT molecular complexity index is 1030. The fraction of sp³-hybridized carbons (Fsp3) is 0.409. The summed E-state index contributed by atoms with van der Waals surface area (Å²) in [7, 11) is 1.52. The fourth-order valence-corrected chi connectivity index (χ4v) is 3.44. The van der Waals surface area contributed by atoms with Crippen molar-refractivity contribution in [1.29, 1.82) is 0 Å². The minimum absolute atomic E-state index is 0.0861. The van der Waals surface area contributed by atoms with Crippen LogP contribution in [0.25, 0.3) is 11.3 Å². The van der Waals surface area contributed by atoms with Crippen molar-refractivity contribution in [1.82, 2.24) is 15.1 Å². The third-order valence-electron chi connectivity index (χ3n) is 5.29. The summed E-state index contributed by atoms with van der Waals surface area (Å²) in [5.74, 6) is 1.76. The third kappa shape index (κ3) is 4.46. The molecule has 0 radical (unpaired) electrons. The van der Waals surface area contributed by atoms with Crippen molar-refractivity contribution in [3.63, 3.8) is 0 Å². The number of pyridine rings is 2. The highest BCUT2D eigenvalue weighted by Crippen LogP contribution is 2.47. The predicted octanol–water partition coefficient (Wildman–Crippen LogP) is 4.06. The molecule has 2 fully saturated rings. The number of hydrogen-bond acceptors (Lipinski definition) is 8. The summed E-state index contributed by atoms with van der Waals surface area (Å²) < 4.78 is 42.1. The Hall–Kier alpha value is -3.20. The number of ether oxygens (including phenoxy) is 4. The van der Waals surface area contributed by atoms with Crippen molar-refractivity contribution >= 4 is 0 Å². The van der Waals surface area contributed by atoms with Gasteiger partial charge in [0.25, 0.3) is 5.88 Å². The molecule has 0 aliphatic heterocycles. The fourth-order valence-electron chi connectivity index (χ4n) is 3.44. The molecule has 2 saturated carbocycles. The summed E-state index contributed by atoms with van der Waals surface area (Å²) in [5.41, 5.74) is -0.133. The molecule has 2 aliphatic rings. The molecule has 3 aromatic rings. The van der Waals surface area contributed by atoms with E-state index in [1.807, 2.05) is 0 Å². The van der Waals surface area contributed by atoms with Gasteiger partial charge in [-0.15, -0.1) is 0 Å². The summed E-state index contributed by atoms with van der Waals surface area (Å²) >= 11 is 0. The monoisotopic (exact) mass is 427 g/mol. The zero-order chi connectivity index (χ0) is 21.3. The summed E-state index contributed by atoms with van der Waals surface area (Å²) in [5, 5.41) is 3.80. The molecule has 162 valence electrons. The normalized spacial score (nSPS) is 22.6. The Labute approximate surface area is 178 Å². The van der Waals surface area contributed by atoms with Gasteiger partial charge in [-0.1, -0.05) is 0 Å². The summed E-state index contributed by atoms with van der Waals surface area (Å²) in [4.78, 5) is 8.47.